The summed E-state index contributed by atoms with van der Waals surface area (Å²) >= 11 is 1.56. The van der Waals surface area contributed by atoms with Crippen molar-refractivity contribution < 1.29 is 8.83 Å². The Balaban J connectivity index is 1.34. The zero-order valence-electron chi connectivity index (χ0n) is 14.5. The van der Waals surface area contributed by atoms with Gasteiger partial charge in [0.25, 0.3) is 5.89 Å². The van der Waals surface area contributed by atoms with Crippen LogP contribution in [0.4, 0.5) is 0 Å². The predicted molar refractivity (Wildman–Crippen MR) is 99.1 cm³/mol. The lowest BCUT2D eigenvalue weighted by atomic mass is 10.2. The second kappa shape index (κ2) is 7.03. The molecule has 1 fully saturated rings. The van der Waals surface area contributed by atoms with Gasteiger partial charge in [-0.15, -0.1) is 20.4 Å². The van der Waals surface area contributed by atoms with Crippen LogP contribution in [0.1, 0.15) is 36.0 Å². The molecule has 1 aromatic carbocycles. The van der Waals surface area contributed by atoms with Crippen molar-refractivity contribution in [3.8, 4) is 11.7 Å². The van der Waals surface area contributed by atoms with Crippen molar-refractivity contribution in [2.24, 2.45) is 0 Å². The summed E-state index contributed by atoms with van der Waals surface area (Å²) in [7, 11) is 0. The Morgan fingerprint density at radius 1 is 1.00 bits per heavy atom. The lowest BCUT2D eigenvalue weighted by Gasteiger charge is -2.09. The highest BCUT2D eigenvalue weighted by Gasteiger charge is 2.30. The minimum atomic E-state index is 0.389. The molecule has 0 radical (unpaired) electrons. The van der Waals surface area contributed by atoms with Gasteiger partial charge in [0.05, 0.1) is 18.6 Å². The second-order valence-corrected chi connectivity index (χ2v) is 7.40. The van der Waals surface area contributed by atoms with Crippen LogP contribution in [-0.2, 0) is 12.3 Å². The van der Waals surface area contributed by atoms with Crippen molar-refractivity contribution in [1.29, 1.82) is 0 Å². The van der Waals surface area contributed by atoms with Gasteiger partial charge in [-0.25, -0.2) is 0 Å². The van der Waals surface area contributed by atoms with Crippen LogP contribution in [0.25, 0.3) is 11.7 Å². The van der Waals surface area contributed by atoms with Gasteiger partial charge in [-0.2, -0.15) is 0 Å². The average Bonchev–Trinajstić information content (AvgIpc) is 3.11. The van der Waals surface area contributed by atoms with E-state index >= 15 is 0 Å². The van der Waals surface area contributed by atoms with E-state index in [1.807, 2.05) is 6.07 Å². The highest BCUT2D eigenvalue weighted by Crippen LogP contribution is 2.40. The first-order valence-electron chi connectivity index (χ1n) is 8.83. The van der Waals surface area contributed by atoms with Gasteiger partial charge in [0.2, 0.25) is 5.89 Å². The van der Waals surface area contributed by atoms with E-state index < -0.39 is 0 Å². The van der Waals surface area contributed by atoms with E-state index in [0.717, 1.165) is 17.5 Å². The summed E-state index contributed by atoms with van der Waals surface area (Å²) in [6.07, 6.45) is 3.96. The minimum Gasteiger partial charge on any atom is -0.459 e. The van der Waals surface area contributed by atoms with Gasteiger partial charge >= 0.3 is 0 Å². The first-order chi connectivity index (χ1) is 13.4. The lowest BCUT2D eigenvalue weighted by Crippen LogP contribution is -2.06. The Bertz CT molecular complexity index is 1020. The molecule has 0 N–H and O–H groups in total. The molecular weight excluding hydrogens is 362 g/mol. The summed E-state index contributed by atoms with van der Waals surface area (Å²) in [4.78, 5) is 0. The molecule has 8 heteroatoms. The number of furan rings is 1. The molecule has 5 rings (SSSR count). The summed E-state index contributed by atoms with van der Waals surface area (Å²) in [5, 5.41) is 17.9. The SMILES string of the molecule is c1ccc(Cn2c(SCc3nnc(-c4ccco4)o3)nnc2C2CC2)cc1. The fourth-order valence-corrected chi connectivity index (χ4v) is 3.68. The summed E-state index contributed by atoms with van der Waals surface area (Å²) in [6, 6.07) is 14.0. The van der Waals surface area contributed by atoms with E-state index in [2.05, 4.69) is 49.2 Å². The van der Waals surface area contributed by atoms with Gasteiger partial charge in [-0.3, -0.25) is 0 Å². The van der Waals surface area contributed by atoms with Crippen molar-refractivity contribution >= 4 is 11.8 Å². The van der Waals surface area contributed by atoms with Crippen LogP contribution in [0.2, 0.25) is 0 Å². The maximum Gasteiger partial charge on any atom is 0.283 e. The van der Waals surface area contributed by atoms with Gasteiger partial charge < -0.3 is 13.4 Å². The van der Waals surface area contributed by atoms with Crippen molar-refractivity contribution in [1.82, 2.24) is 25.0 Å². The van der Waals surface area contributed by atoms with Gasteiger partial charge in [0.1, 0.15) is 5.82 Å². The number of hydrogen-bond acceptors (Lipinski definition) is 7. The second-order valence-electron chi connectivity index (χ2n) is 6.45. The van der Waals surface area contributed by atoms with E-state index in [1.165, 1.54) is 18.4 Å². The van der Waals surface area contributed by atoms with Crippen LogP contribution in [0.5, 0.6) is 0 Å². The highest BCUT2D eigenvalue weighted by molar-refractivity contribution is 7.98. The van der Waals surface area contributed by atoms with E-state index in [9.17, 15) is 0 Å². The molecule has 7 nitrogen and oxygen atoms in total. The molecule has 1 saturated carbocycles. The molecule has 0 saturated heterocycles. The van der Waals surface area contributed by atoms with Crippen molar-refractivity contribution in [2.75, 3.05) is 0 Å². The first kappa shape index (κ1) is 16.3. The molecule has 3 heterocycles. The standard InChI is InChI=1S/C19H17N5O2S/c1-2-5-13(6-3-1)11-24-17(14-8-9-14)21-23-19(24)27-12-16-20-22-18(26-16)15-7-4-10-25-15/h1-7,10,14H,8-9,11-12H2. The monoisotopic (exact) mass is 379 g/mol. The van der Waals surface area contributed by atoms with Crippen LogP contribution in [0.15, 0.2) is 62.7 Å². The topological polar surface area (TPSA) is 82.8 Å². The normalized spacial score (nSPS) is 13.9. The predicted octanol–water partition coefficient (Wildman–Crippen LogP) is 4.14. The van der Waals surface area contributed by atoms with Crippen LogP contribution < -0.4 is 0 Å². The number of hydrogen-bond donors (Lipinski definition) is 0. The van der Waals surface area contributed by atoms with Crippen molar-refractivity contribution in [3.05, 3.63) is 66.0 Å². The fourth-order valence-electron chi connectivity index (χ4n) is 2.90. The molecular formula is C19H17N5O2S. The molecule has 0 amide bonds. The Labute approximate surface area is 159 Å². The molecule has 0 aliphatic heterocycles. The van der Waals surface area contributed by atoms with E-state index in [4.69, 9.17) is 8.83 Å². The van der Waals surface area contributed by atoms with Crippen LogP contribution in [-0.4, -0.2) is 25.0 Å². The van der Waals surface area contributed by atoms with E-state index in [1.54, 1.807) is 30.2 Å². The molecule has 4 aromatic rings. The quantitative estimate of drug-likeness (QED) is 0.446. The Hall–Kier alpha value is -2.87. The molecule has 0 atom stereocenters. The summed E-state index contributed by atoms with van der Waals surface area (Å²) < 4.78 is 13.2. The number of thioether (sulfide) groups is 1. The first-order valence-corrected chi connectivity index (χ1v) is 9.81. The Morgan fingerprint density at radius 2 is 1.89 bits per heavy atom. The van der Waals surface area contributed by atoms with E-state index in [-0.39, 0.29) is 0 Å². The molecule has 27 heavy (non-hydrogen) atoms. The minimum absolute atomic E-state index is 0.389. The zero-order chi connectivity index (χ0) is 18.1. The highest BCUT2D eigenvalue weighted by atomic mass is 32.2. The molecule has 1 aliphatic rings. The number of rotatable bonds is 7. The van der Waals surface area contributed by atoms with E-state index in [0.29, 0.717) is 29.2 Å². The molecule has 0 spiro atoms. The molecule has 0 unspecified atom stereocenters. The van der Waals surface area contributed by atoms with Gasteiger partial charge in [-0.05, 0) is 30.5 Å². The maximum atomic E-state index is 5.68. The lowest BCUT2D eigenvalue weighted by molar-refractivity contribution is 0.494. The third-order valence-corrected chi connectivity index (χ3v) is 5.35. The summed E-state index contributed by atoms with van der Waals surface area (Å²) in [5.74, 6) is 3.63. The van der Waals surface area contributed by atoms with Crippen molar-refractivity contribution in [2.45, 2.75) is 36.2 Å². The number of benzene rings is 1. The summed E-state index contributed by atoms with van der Waals surface area (Å²) in [5.41, 5.74) is 1.24. The Kier molecular flexibility index (Phi) is 4.25. The van der Waals surface area contributed by atoms with Crippen LogP contribution in [0, 0.1) is 0 Å². The summed E-state index contributed by atoms with van der Waals surface area (Å²) in [6.45, 7) is 0.767. The fraction of sp³-hybridized carbons (Fsp3) is 0.263. The number of nitrogens with zero attached hydrogens (tertiary/aromatic N) is 5. The van der Waals surface area contributed by atoms with Crippen LogP contribution in [0.3, 0.4) is 0 Å². The largest absolute Gasteiger partial charge is 0.459 e. The third-order valence-electron chi connectivity index (χ3n) is 4.40. The average molecular weight is 379 g/mol. The molecule has 3 aromatic heterocycles. The zero-order valence-corrected chi connectivity index (χ0v) is 15.3. The van der Waals surface area contributed by atoms with Crippen molar-refractivity contribution in [3.63, 3.8) is 0 Å². The molecule has 0 bridgehead atoms. The number of aromatic nitrogens is 5. The Morgan fingerprint density at radius 3 is 2.67 bits per heavy atom. The van der Waals surface area contributed by atoms with Gasteiger partial charge in [0.15, 0.2) is 10.9 Å². The van der Waals surface area contributed by atoms with Crippen LogP contribution >= 0.6 is 11.8 Å². The van der Waals surface area contributed by atoms with Gasteiger partial charge in [0, 0.05) is 5.92 Å². The molecule has 1 aliphatic carbocycles. The smallest absolute Gasteiger partial charge is 0.283 e. The van der Waals surface area contributed by atoms with Gasteiger partial charge in [-0.1, -0.05) is 42.1 Å². The third kappa shape index (κ3) is 3.52. The molecule has 136 valence electrons. The maximum absolute atomic E-state index is 5.68.